The molecule has 6 heteroatoms. The second kappa shape index (κ2) is 12.9. The van der Waals surface area contributed by atoms with Crippen molar-refractivity contribution in [2.45, 2.75) is 54.0 Å². The molecule has 0 saturated carbocycles. The van der Waals surface area contributed by atoms with Crippen molar-refractivity contribution in [2.75, 3.05) is 19.6 Å². The quantitative estimate of drug-likeness (QED) is 0.234. The molecule has 0 radical (unpaired) electrons. The van der Waals surface area contributed by atoms with Crippen LogP contribution in [0.4, 0.5) is 0 Å². The average molecular weight is 474 g/mol. The van der Waals surface area contributed by atoms with Crippen LogP contribution in [0.5, 0.6) is 0 Å². The van der Waals surface area contributed by atoms with Crippen LogP contribution in [-0.2, 0) is 11.3 Å². The lowest BCUT2D eigenvalue weighted by Crippen LogP contribution is -2.43. The van der Waals surface area contributed by atoms with Crippen molar-refractivity contribution in [1.29, 1.82) is 0 Å². The summed E-state index contributed by atoms with van der Waals surface area (Å²) in [5, 5.41) is 9.58. The Balaban J connectivity index is 0.00000625. The molecule has 26 heavy (non-hydrogen) atoms. The van der Waals surface area contributed by atoms with Crippen LogP contribution < -0.4 is 16.0 Å². The molecular formula is C20H35IN4O. The summed E-state index contributed by atoms with van der Waals surface area (Å²) < 4.78 is 0. The highest BCUT2D eigenvalue weighted by Gasteiger charge is 2.20. The van der Waals surface area contributed by atoms with Crippen LogP contribution >= 0.6 is 24.0 Å². The van der Waals surface area contributed by atoms with Crippen molar-refractivity contribution in [1.82, 2.24) is 16.0 Å². The highest BCUT2D eigenvalue weighted by Crippen LogP contribution is 2.11. The standard InChI is InChI=1S/C20H34N4O.HI/c1-6-7-12-22-19(23-14-13-21-18(25)20(3,4)5)24-15-17-10-8-16(2)9-11-17;/h8-11H,6-7,12-15H2,1-5H3,(H,21,25)(H2,22,23,24);1H. The number of aliphatic imine (C=N–C) groups is 1. The van der Waals surface area contributed by atoms with Gasteiger partial charge >= 0.3 is 0 Å². The SMILES string of the molecule is CCCCNC(=NCc1ccc(C)cc1)NCCNC(=O)C(C)(C)C.I. The van der Waals surface area contributed by atoms with Crippen LogP contribution in [0.15, 0.2) is 29.3 Å². The van der Waals surface area contributed by atoms with Crippen LogP contribution in [0.2, 0.25) is 0 Å². The summed E-state index contributed by atoms with van der Waals surface area (Å²) in [6.07, 6.45) is 2.24. The zero-order chi connectivity index (χ0) is 18.7. The Labute approximate surface area is 175 Å². The third-order valence-electron chi connectivity index (χ3n) is 3.75. The van der Waals surface area contributed by atoms with Crippen molar-refractivity contribution >= 4 is 35.8 Å². The number of nitrogens with one attached hydrogen (secondary N) is 3. The van der Waals surface area contributed by atoms with Crippen LogP contribution in [0.25, 0.3) is 0 Å². The lowest BCUT2D eigenvalue weighted by Gasteiger charge is -2.18. The van der Waals surface area contributed by atoms with Gasteiger partial charge in [0.15, 0.2) is 5.96 Å². The summed E-state index contributed by atoms with van der Waals surface area (Å²) in [5.41, 5.74) is 2.08. The molecule has 0 fully saturated rings. The minimum atomic E-state index is -0.359. The number of unbranched alkanes of at least 4 members (excludes halogenated alkanes) is 1. The molecule has 0 aliphatic rings. The molecule has 0 bridgehead atoms. The summed E-state index contributed by atoms with van der Waals surface area (Å²) in [7, 11) is 0. The first-order valence-corrected chi connectivity index (χ1v) is 9.19. The van der Waals surface area contributed by atoms with Gasteiger partial charge in [-0.3, -0.25) is 4.79 Å². The minimum absolute atomic E-state index is 0. The maximum Gasteiger partial charge on any atom is 0.225 e. The van der Waals surface area contributed by atoms with E-state index in [9.17, 15) is 4.79 Å². The lowest BCUT2D eigenvalue weighted by molar-refractivity contribution is -0.128. The number of hydrogen-bond acceptors (Lipinski definition) is 2. The van der Waals surface area contributed by atoms with Crippen LogP contribution in [0, 0.1) is 12.3 Å². The number of hydrogen-bond donors (Lipinski definition) is 3. The van der Waals surface area contributed by atoms with Gasteiger partial charge in [-0.05, 0) is 18.9 Å². The third kappa shape index (κ3) is 10.6. The van der Waals surface area contributed by atoms with Gasteiger partial charge in [0.05, 0.1) is 6.54 Å². The summed E-state index contributed by atoms with van der Waals surface area (Å²) in [5.74, 6) is 0.852. The smallest absolute Gasteiger partial charge is 0.225 e. The predicted molar refractivity (Wildman–Crippen MR) is 121 cm³/mol. The molecule has 0 aromatic heterocycles. The van der Waals surface area contributed by atoms with Crippen LogP contribution in [0.3, 0.4) is 0 Å². The second-order valence-electron chi connectivity index (χ2n) is 7.36. The third-order valence-corrected chi connectivity index (χ3v) is 3.75. The first-order chi connectivity index (χ1) is 11.8. The Morgan fingerprint density at radius 2 is 1.58 bits per heavy atom. The molecule has 0 unspecified atom stereocenters. The summed E-state index contributed by atoms with van der Waals surface area (Å²) in [6.45, 7) is 12.7. The maximum absolute atomic E-state index is 11.9. The Hall–Kier alpha value is -1.31. The average Bonchev–Trinajstić information content (AvgIpc) is 2.56. The molecule has 0 aliphatic heterocycles. The van der Waals surface area contributed by atoms with E-state index in [1.165, 1.54) is 11.1 Å². The number of carbonyl (C=O) groups is 1. The van der Waals surface area contributed by atoms with Gasteiger partial charge in [-0.15, -0.1) is 24.0 Å². The topological polar surface area (TPSA) is 65.5 Å². The molecule has 1 rings (SSSR count). The van der Waals surface area contributed by atoms with E-state index in [0.717, 1.165) is 25.3 Å². The fourth-order valence-electron chi connectivity index (χ4n) is 2.04. The summed E-state index contributed by atoms with van der Waals surface area (Å²) in [4.78, 5) is 16.5. The number of carbonyl (C=O) groups excluding carboxylic acids is 1. The van der Waals surface area contributed by atoms with Gasteiger partial charge in [-0.25, -0.2) is 4.99 Å². The Morgan fingerprint density at radius 3 is 2.15 bits per heavy atom. The van der Waals surface area contributed by atoms with Gasteiger partial charge in [-0.1, -0.05) is 63.9 Å². The summed E-state index contributed by atoms with van der Waals surface area (Å²) >= 11 is 0. The lowest BCUT2D eigenvalue weighted by atomic mass is 9.96. The van der Waals surface area contributed by atoms with E-state index < -0.39 is 0 Å². The van der Waals surface area contributed by atoms with Crippen LogP contribution in [0.1, 0.15) is 51.7 Å². The number of rotatable bonds is 8. The Bertz CT molecular complexity index is 550. The zero-order valence-corrected chi connectivity index (χ0v) is 19.1. The normalized spacial score (nSPS) is 11.5. The second-order valence-corrected chi connectivity index (χ2v) is 7.36. The van der Waals surface area contributed by atoms with Crippen molar-refractivity contribution in [3.63, 3.8) is 0 Å². The molecule has 0 atom stereocenters. The van der Waals surface area contributed by atoms with Gasteiger partial charge in [0, 0.05) is 25.0 Å². The monoisotopic (exact) mass is 474 g/mol. The largest absolute Gasteiger partial charge is 0.356 e. The number of nitrogens with zero attached hydrogens (tertiary/aromatic N) is 1. The Morgan fingerprint density at radius 1 is 1.00 bits per heavy atom. The van der Waals surface area contributed by atoms with Crippen molar-refractivity contribution in [3.8, 4) is 0 Å². The molecule has 1 amide bonds. The van der Waals surface area contributed by atoms with Gasteiger partial charge in [0.25, 0.3) is 0 Å². The maximum atomic E-state index is 11.9. The molecule has 0 saturated heterocycles. The van der Waals surface area contributed by atoms with Gasteiger partial charge in [0.1, 0.15) is 0 Å². The minimum Gasteiger partial charge on any atom is -0.356 e. The van der Waals surface area contributed by atoms with E-state index in [2.05, 4.69) is 59.1 Å². The molecule has 0 aliphatic carbocycles. The molecule has 5 nitrogen and oxygen atoms in total. The summed E-state index contributed by atoms with van der Waals surface area (Å²) in [6, 6.07) is 8.41. The van der Waals surface area contributed by atoms with Crippen LogP contribution in [-0.4, -0.2) is 31.5 Å². The van der Waals surface area contributed by atoms with E-state index in [-0.39, 0.29) is 35.3 Å². The highest BCUT2D eigenvalue weighted by molar-refractivity contribution is 14.0. The van der Waals surface area contributed by atoms with E-state index in [4.69, 9.17) is 0 Å². The first kappa shape index (κ1) is 24.7. The number of benzene rings is 1. The number of amides is 1. The fraction of sp³-hybridized carbons (Fsp3) is 0.600. The van der Waals surface area contributed by atoms with E-state index >= 15 is 0 Å². The Kier molecular flexibility index (Phi) is 12.3. The number of guanidine groups is 1. The van der Waals surface area contributed by atoms with E-state index in [1.807, 2.05) is 20.8 Å². The molecule has 1 aromatic carbocycles. The van der Waals surface area contributed by atoms with E-state index in [1.54, 1.807) is 0 Å². The molecule has 0 heterocycles. The van der Waals surface area contributed by atoms with Crippen molar-refractivity contribution < 1.29 is 4.79 Å². The molecular weight excluding hydrogens is 439 g/mol. The molecule has 0 spiro atoms. The highest BCUT2D eigenvalue weighted by atomic mass is 127. The van der Waals surface area contributed by atoms with Gasteiger partial charge < -0.3 is 16.0 Å². The molecule has 3 N–H and O–H groups in total. The van der Waals surface area contributed by atoms with E-state index in [0.29, 0.717) is 19.6 Å². The van der Waals surface area contributed by atoms with Gasteiger partial charge in [-0.2, -0.15) is 0 Å². The molecule has 148 valence electrons. The van der Waals surface area contributed by atoms with Gasteiger partial charge in [0.2, 0.25) is 5.91 Å². The number of halogens is 1. The van der Waals surface area contributed by atoms with Crippen molar-refractivity contribution in [2.24, 2.45) is 10.4 Å². The fourth-order valence-corrected chi connectivity index (χ4v) is 2.04. The molecule has 1 aromatic rings. The predicted octanol–water partition coefficient (Wildman–Crippen LogP) is 3.61. The first-order valence-electron chi connectivity index (χ1n) is 9.19. The number of aryl methyl sites for hydroxylation is 1. The van der Waals surface area contributed by atoms with Crippen molar-refractivity contribution in [3.05, 3.63) is 35.4 Å². The zero-order valence-electron chi connectivity index (χ0n) is 16.8.